The SMILES string of the molecule is Cc1cc(C(=O)N2C[C@@H](C(F)(F)F)[C@H](C(=O)O)C2)cc(C)c1F. The summed E-state index contributed by atoms with van der Waals surface area (Å²) in [5, 5.41) is 8.95. The van der Waals surface area contributed by atoms with Gasteiger partial charge in [-0.15, -0.1) is 0 Å². The van der Waals surface area contributed by atoms with Crippen molar-refractivity contribution in [2.24, 2.45) is 11.8 Å². The molecule has 1 fully saturated rings. The Morgan fingerprint density at radius 2 is 1.70 bits per heavy atom. The normalized spacial score (nSPS) is 21.6. The van der Waals surface area contributed by atoms with Crippen molar-refractivity contribution in [3.63, 3.8) is 0 Å². The number of carboxylic acids is 1. The molecule has 1 amide bonds. The van der Waals surface area contributed by atoms with Gasteiger partial charge in [-0.3, -0.25) is 9.59 Å². The number of aryl methyl sites for hydroxylation is 2. The van der Waals surface area contributed by atoms with E-state index in [1.165, 1.54) is 26.0 Å². The molecule has 1 N–H and O–H groups in total. The number of carbonyl (C=O) groups excluding carboxylic acids is 1. The van der Waals surface area contributed by atoms with E-state index in [1.807, 2.05) is 0 Å². The number of amides is 1. The Hall–Kier alpha value is -2.12. The summed E-state index contributed by atoms with van der Waals surface area (Å²) in [5.41, 5.74) is 0.456. The van der Waals surface area contributed by atoms with E-state index in [0.29, 0.717) is 0 Å². The molecule has 0 bridgehead atoms. The first-order valence-corrected chi connectivity index (χ1v) is 6.88. The van der Waals surface area contributed by atoms with E-state index < -0.39 is 48.8 Å². The van der Waals surface area contributed by atoms with Gasteiger partial charge in [0.05, 0.1) is 11.8 Å². The molecule has 1 aromatic carbocycles. The van der Waals surface area contributed by atoms with Crippen LogP contribution in [0.3, 0.4) is 0 Å². The van der Waals surface area contributed by atoms with Gasteiger partial charge in [0.1, 0.15) is 5.82 Å². The van der Waals surface area contributed by atoms with E-state index in [4.69, 9.17) is 5.11 Å². The Morgan fingerprint density at radius 3 is 2.09 bits per heavy atom. The summed E-state index contributed by atoms with van der Waals surface area (Å²) in [4.78, 5) is 24.2. The third kappa shape index (κ3) is 3.30. The molecule has 23 heavy (non-hydrogen) atoms. The second-order valence-corrected chi connectivity index (χ2v) is 5.73. The third-order valence-corrected chi connectivity index (χ3v) is 4.03. The summed E-state index contributed by atoms with van der Waals surface area (Å²) >= 11 is 0. The van der Waals surface area contributed by atoms with Gasteiger partial charge in [-0.05, 0) is 37.1 Å². The van der Waals surface area contributed by atoms with Crippen LogP contribution in [0.1, 0.15) is 21.5 Å². The van der Waals surface area contributed by atoms with Crippen LogP contribution in [0.2, 0.25) is 0 Å². The number of rotatable bonds is 2. The summed E-state index contributed by atoms with van der Waals surface area (Å²) in [6.07, 6.45) is -4.70. The highest BCUT2D eigenvalue weighted by Gasteiger charge is 2.53. The molecule has 0 saturated carbocycles. The highest BCUT2D eigenvalue weighted by atomic mass is 19.4. The maximum absolute atomic E-state index is 13.6. The second-order valence-electron chi connectivity index (χ2n) is 5.73. The van der Waals surface area contributed by atoms with Gasteiger partial charge < -0.3 is 10.0 Å². The van der Waals surface area contributed by atoms with E-state index >= 15 is 0 Å². The van der Waals surface area contributed by atoms with Gasteiger partial charge in [-0.2, -0.15) is 13.2 Å². The van der Waals surface area contributed by atoms with E-state index in [2.05, 4.69) is 0 Å². The maximum Gasteiger partial charge on any atom is 0.394 e. The van der Waals surface area contributed by atoms with Crippen LogP contribution in [-0.2, 0) is 4.79 Å². The van der Waals surface area contributed by atoms with Crippen LogP contribution in [0.25, 0.3) is 0 Å². The number of aliphatic carboxylic acids is 1. The van der Waals surface area contributed by atoms with Crippen LogP contribution in [-0.4, -0.2) is 41.1 Å². The molecule has 0 aromatic heterocycles. The summed E-state index contributed by atoms with van der Waals surface area (Å²) < 4.78 is 52.4. The molecule has 0 unspecified atom stereocenters. The van der Waals surface area contributed by atoms with Crippen molar-refractivity contribution in [3.8, 4) is 0 Å². The van der Waals surface area contributed by atoms with Gasteiger partial charge in [0.2, 0.25) is 0 Å². The summed E-state index contributed by atoms with van der Waals surface area (Å²) in [6, 6.07) is 2.50. The Morgan fingerprint density at radius 1 is 1.17 bits per heavy atom. The molecule has 8 heteroatoms. The molecule has 0 aliphatic carbocycles. The Kier molecular flexibility index (Phi) is 4.37. The number of carbonyl (C=O) groups is 2. The Labute approximate surface area is 129 Å². The molecular formula is C15H15F4NO3. The molecule has 0 radical (unpaired) electrons. The topological polar surface area (TPSA) is 57.6 Å². The number of alkyl halides is 3. The molecule has 126 valence electrons. The first-order chi connectivity index (χ1) is 10.5. The van der Waals surface area contributed by atoms with Gasteiger partial charge in [-0.1, -0.05) is 0 Å². The van der Waals surface area contributed by atoms with Crippen molar-refractivity contribution in [2.75, 3.05) is 13.1 Å². The number of nitrogens with zero attached hydrogens (tertiary/aromatic N) is 1. The minimum atomic E-state index is -4.70. The predicted octanol–water partition coefficient (Wildman–Crippen LogP) is 2.78. The minimum Gasteiger partial charge on any atom is -0.481 e. The number of likely N-dealkylation sites (tertiary alicyclic amines) is 1. The van der Waals surface area contributed by atoms with Gasteiger partial charge in [-0.25, -0.2) is 4.39 Å². The Bertz CT molecular complexity index is 634. The predicted molar refractivity (Wildman–Crippen MR) is 72.4 cm³/mol. The fourth-order valence-electron chi connectivity index (χ4n) is 2.80. The fraction of sp³-hybridized carbons (Fsp3) is 0.467. The molecule has 0 spiro atoms. The summed E-state index contributed by atoms with van der Waals surface area (Å²) in [7, 11) is 0. The van der Waals surface area contributed by atoms with Crippen molar-refractivity contribution in [3.05, 3.63) is 34.6 Å². The average molecular weight is 333 g/mol. The molecule has 1 aliphatic heterocycles. The van der Waals surface area contributed by atoms with Crippen molar-refractivity contribution in [1.82, 2.24) is 4.90 Å². The second kappa shape index (κ2) is 5.82. The van der Waals surface area contributed by atoms with Gasteiger partial charge in [0.15, 0.2) is 0 Å². The summed E-state index contributed by atoms with van der Waals surface area (Å²) in [6.45, 7) is 1.66. The zero-order chi connectivity index (χ0) is 17.5. The lowest BCUT2D eigenvalue weighted by Crippen LogP contribution is -2.34. The lowest BCUT2D eigenvalue weighted by molar-refractivity contribution is -0.187. The summed E-state index contributed by atoms with van der Waals surface area (Å²) in [5.74, 6) is -6.60. The smallest absolute Gasteiger partial charge is 0.394 e. The fourth-order valence-corrected chi connectivity index (χ4v) is 2.80. The zero-order valence-electron chi connectivity index (χ0n) is 12.4. The molecule has 1 heterocycles. The number of hydrogen-bond acceptors (Lipinski definition) is 2. The minimum absolute atomic E-state index is 0.0494. The largest absolute Gasteiger partial charge is 0.481 e. The average Bonchev–Trinajstić information content (AvgIpc) is 2.88. The van der Waals surface area contributed by atoms with Crippen LogP contribution in [0, 0.1) is 31.5 Å². The third-order valence-electron chi connectivity index (χ3n) is 4.03. The van der Waals surface area contributed by atoms with Crippen molar-refractivity contribution >= 4 is 11.9 Å². The first kappa shape index (κ1) is 17.2. The van der Waals surface area contributed by atoms with Crippen LogP contribution in [0.5, 0.6) is 0 Å². The molecule has 2 atom stereocenters. The highest BCUT2D eigenvalue weighted by molar-refractivity contribution is 5.95. The standard InChI is InChI=1S/C15H15F4NO3/c1-7-3-9(4-8(2)12(7)16)13(21)20-5-10(14(22)23)11(6-20)15(17,18)19/h3-4,10-11H,5-6H2,1-2H3,(H,22,23)/t10-,11-/m1/s1. The van der Waals surface area contributed by atoms with Crippen molar-refractivity contribution in [2.45, 2.75) is 20.0 Å². The lowest BCUT2D eigenvalue weighted by atomic mass is 9.96. The number of benzene rings is 1. The molecule has 4 nitrogen and oxygen atoms in total. The van der Waals surface area contributed by atoms with E-state index in [1.54, 1.807) is 0 Å². The van der Waals surface area contributed by atoms with E-state index in [0.717, 1.165) is 4.90 Å². The zero-order valence-corrected chi connectivity index (χ0v) is 12.4. The molecule has 1 aromatic rings. The number of hydrogen-bond donors (Lipinski definition) is 1. The highest BCUT2D eigenvalue weighted by Crippen LogP contribution is 2.38. The molecule has 1 aliphatic rings. The molecular weight excluding hydrogens is 318 g/mol. The number of halogens is 4. The van der Waals surface area contributed by atoms with Crippen molar-refractivity contribution in [1.29, 1.82) is 0 Å². The quantitative estimate of drug-likeness (QED) is 0.847. The Balaban J connectivity index is 2.29. The number of carboxylic acid groups (broad SMARTS) is 1. The first-order valence-electron chi connectivity index (χ1n) is 6.88. The van der Waals surface area contributed by atoms with E-state index in [9.17, 15) is 27.2 Å². The van der Waals surface area contributed by atoms with E-state index in [-0.39, 0.29) is 16.7 Å². The maximum atomic E-state index is 13.6. The van der Waals surface area contributed by atoms with Crippen molar-refractivity contribution < 1.29 is 32.3 Å². The molecule has 2 rings (SSSR count). The monoisotopic (exact) mass is 333 g/mol. The molecule has 1 saturated heterocycles. The van der Waals surface area contributed by atoms with Gasteiger partial charge in [0, 0.05) is 18.7 Å². The van der Waals surface area contributed by atoms with Crippen LogP contribution in [0.4, 0.5) is 17.6 Å². The van der Waals surface area contributed by atoms with Gasteiger partial charge >= 0.3 is 12.1 Å². The van der Waals surface area contributed by atoms with Gasteiger partial charge in [0.25, 0.3) is 5.91 Å². The van der Waals surface area contributed by atoms with Crippen LogP contribution in [0.15, 0.2) is 12.1 Å². The van der Waals surface area contributed by atoms with Crippen LogP contribution >= 0.6 is 0 Å². The van der Waals surface area contributed by atoms with Crippen LogP contribution < -0.4 is 0 Å². The lowest BCUT2D eigenvalue weighted by Gasteiger charge is -2.19.